The number of rotatable bonds is 9. The first-order valence-electron chi connectivity index (χ1n) is 16.5. The van der Waals surface area contributed by atoms with E-state index in [1.54, 1.807) is 25.5 Å². The summed E-state index contributed by atoms with van der Waals surface area (Å²) in [5.41, 5.74) is 9.26. The molecule has 2 aromatic carbocycles. The van der Waals surface area contributed by atoms with E-state index in [1.807, 2.05) is 36.5 Å². The van der Waals surface area contributed by atoms with Crippen molar-refractivity contribution in [2.75, 3.05) is 6.61 Å². The number of pyridine rings is 4. The van der Waals surface area contributed by atoms with Crippen molar-refractivity contribution in [1.82, 2.24) is 29.1 Å². The van der Waals surface area contributed by atoms with E-state index in [4.69, 9.17) is 14.7 Å². The van der Waals surface area contributed by atoms with Crippen molar-refractivity contribution >= 4 is 49.6 Å². The first-order chi connectivity index (χ1) is 23.7. The highest BCUT2D eigenvalue weighted by atomic mass is 16.5. The maximum atomic E-state index is 13.0. The average Bonchev–Trinajstić information content (AvgIpc) is 3.64. The number of carbonyl (C=O) groups is 1. The molecule has 236 valence electrons. The largest absolute Gasteiger partial charge is 0.461 e. The Hall–Kier alpha value is -5.89. The number of para-hydroxylation sites is 2. The van der Waals surface area contributed by atoms with Crippen LogP contribution in [-0.2, 0) is 24.2 Å². The van der Waals surface area contributed by atoms with Crippen LogP contribution in [0.2, 0.25) is 0 Å². The van der Waals surface area contributed by atoms with Crippen molar-refractivity contribution < 1.29 is 9.53 Å². The number of esters is 1. The lowest BCUT2D eigenvalue weighted by Gasteiger charge is -2.14. The van der Waals surface area contributed by atoms with E-state index >= 15 is 0 Å². The van der Waals surface area contributed by atoms with Crippen molar-refractivity contribution in [1.29, 1.82) is 0 Å². The number of carbonyl (C=O) groups excluding carboxylic acids is 1. The lowest BCUT2D eigenvalue weighted by molar-refractivity contribution is 0.0520. The molecule has 8 nitrogen and oxygen atoms in total. The monoisotopic (exact) mass is 630 g/mol. The zero-order chi connectivity index (χ0) is 32.6. The van der Waals surface area contributed by atoms with Crippen LogP contribution in [0.5, 0.6) is 0 Å². The second-order valence-electron chi connectivity index (χ2n) is 11.9. The van der Waals surface area contributed by atoms with E-state index in [-0.39, 0.29) is 6.61 Å². The molecule has 0 aliphatic rings. The molecule has 6 aromatic heterocycles. The standard InChI is InChI=1S/C40H34N6O2/c1-3-28-22-31-29-14-5-7-16-34(29)45(38(31)36(43-28)26-12-9-18-41-24-26)20-11-21-46-35-17-8-6-15-30(35)32-23-33(40(47)48-4-2)44-37(39(32)46)27-13-10-19-42-25-27/h5-10,12-19,22-25H,3-4,11,20-21H2,1-2H3. The van der Waals surface area contributed by atoms with E-state index in [9.17, 15) is 4.79 Å². The summed E-state index contributed by atoms with van der Waals surface area (Å²) in [5, 5.41) is 4.47. The minimum absolute atomic E-state index is 0.281. The fourth-order valence-corrected chi connectivity index (χ4v) is 6.95. The van der Waals surface area contributed by atoms with Crippen molar-refractivity contribution in [3.63, 3.8) is 0 Å². The van der Waals surface area contributed by atoms with E-state index in [0.717, 1.165) is 75.8 Å². The van der Waals surface area contributed by atoms with Gasteiger partial charge in [0, 0.05) is 87.3 Å². The van der Waals surface area contributed by atoms with Crippen LogP contribution in [0, 0.1) is 0 Å². The van der Waals surface area contributed by atoms with Gasteiger partial charge in [-0.2, -0.15) is 0 Å². The molecule has 0 bridgehead atoms. The molecule has 0 aliphatic heterocycles. The Morgan fingerprint density at radius 2 is 1.23 bits per heavy atom. The predicted molar refractivity (Wildman–Crippen MR) is 191 cm³/mol. The van der Waals surface area contributed by atoms with Crippen molar-refractivity contribution in [2.45, 2.75) is 39.8 Å². The van der Waals surface area contributed by atoms with Gasteiger partial charge >= 0.3 is 5.97 Å². The van der Waals surface area contributed by atoms with Gasteiger partial charge in [-0.05, 0) is 68.3 Å². The summed E-state index contributed by atoms with van der Waals surface area (Å²) in [4.78, 5) is 31.8. The first-order valence-corrected chi connectivity index (χ1v) is 16.5. The summed E-state index contributed by atoms with van der Waals surface area (Å²) in [6, 6.07) is 29.0. The summed E-state index contributed by atoms with van der Waals surface area (Å²) in [6.45, 7) is 5.74. The number of benzene rings is 2. The summed E-state index contributed by atoms with van der Waals surface area (Å²) in [5.74, 6) is -0.433. The van der Waals surface area contributed by atoms with Crippen LogP contribution in [0.25, 0.3) is 66.1 Å². The Bertz CT molecular complexity index is 2450. The SMILES string of the molecule is CCOC(=O)c1cc2c3ccccc3n(CCCn3c4ccccc4c4cc(CC)nc(-c5cccnc5)c43)c2c(-c2cccnc2)n1. The Labute approximate surface area is 277 Å². The normalized spacial score (nSPS) is 11.6. The molecule has 0 amide bonds. The second kappa shape index (κ2) is 12.4. The van der Waals surface area contributed by atoms with Gasteiger partial charge in [-0.15, -0.1) is 0 Å². The number of hydrogen-bond donors (Lipinski definition) is 0. The van der Waals surface area contributed by atoms with Gasteiger partial charge in [-0.25, -0.2) is 9.78 Å². The van der Waals surface area contributed by atoms with Crippen molar-refractivity contribution in [3.05, 3.63) is 121 Å². The molecule has 0 saturated heterocycles. The van der Waals surface area contributed by atoms with Crippen LogP contribution < -0.4 is 0 Å². The predicted octanol–water partition coefficient (Wildman–Crippen LogP) is 8.65. The number of ether oxygens (including phenoxy) is 1. The van der Waals surface area contributed by atoms with E-state index < -0.39 is 5.97 Å². The van der Waals surface area contributed by atoms with Crippen LogP contribution in [0.1, 0.15) is 36.5 Å². The third-order valence-electron chi connectivity index (χ3n) is 9.03. The molecular weight excluding hydrogens is 596 g/mol. The van der Waals surface area contributed by atoms with Gasteiger partial charge in [0.15, 0.2) is 0 Å². The molecule has 0 aliphatic carbocycles. The third kappa shape index (κ3) is 4.97. The topological polar surface area (TPSA) is 87.7 Å². The molecular formula is C40H34N6O2. The number of aryl methyl sites for hydroxylation is 3. The summed E-state index contributed by atoms with van der Waals surface area (Å²) in [7, 11) is 0. The number of fused-ring (bicyclic) bond motifs is 6. The highest BCUT2D eigenvalue weighted by molar-refractivity contribution is 6.14. The molecule has 0 spiro atoms. The minimum atomic E-state index is -0.433. The summed E-state index contributed by atoms with van der Waals surface area (Å²) in [6.07, 6.45) is 8.94. The van der Waals surface area contributed by atoms with Crippen molar-refractivity contribution in [3.8, 4) is 22.5 Å². The van der Waals surface area contributed by atoms with Crippen LogP contribution in [-0.4, -0.2) is 41.6 Å². The summed E-state index contributed by atoms with van der Waals surface area (Å²) < 4.78 is 10.2. The lowest BCUT2D eigenvalue weighted by Crippen LogP contribution is -2.09. The molecule has 0 saturated carbocycles. The third-order valence-corrected chi connectivity index (χ3v) is 9.03. The van der Waals surface area contributed by atoms with Gasteiger partial charge in [0.25, 0.3) is 0 Å². The molecule has 8 rings (SSSR count). The van der Waals surface area contributed by atoms with E-state index in [0.29, 0.717) is 11.4 Å². The summed E-state index contributed by atoms with van der Waals surface area (Å²) >= 11 is 0. The molecule has 0 atom stereocenters. The Morgan fingerprint density at radius 1 is 0.667 bits per heavy atom. The first kappa shape index (κ1) is 29.5. The fraction of sp³-hybridized carbons (Fsp3) is 0.175. The molecule has 8 heteroatoms. The molecule has 0 unspecified atom stereocenters. The van der Waals surface area contributed by atoms with Gasteiger partial charge in [-0.3, -0.25) is 15.0 Å². The zero-order valence-electron chi connectivity index (χ0n) is 26.9. The van der Waals surface area contributed by atoms with Crippen LogP contribution >= 0.6 is 0 Å². The Balaban J connectivity index is 1.28. The molecule has 6 heterocycles. The van der Waals surface area contributed by atoms with Crippen LogP contribution in [0.15, 0.2) is 110 Å². The average molecular weight is 631 g/mol. The second-order valence-corrected chi connectivity index (χ2v) is 11.9. The van der Waals surface area contributed by atoms with Crippen LogP contribution in [0.4, 0.5) is 0 Å². The van der Waals surface area contributed by atoms with Crippen LogP contribution in [0.3, 0.4) is 0 Å². The van der Waals surface area contributed by atoms with Gasteiger partial charge in [0.2, 0.25) is 0 Å². The number of aromatic nitrogens is 6. The van der Waals surface area contributed by atoms with Gasteiger partial charge in [0.1, 0.15) is 5.69 Å². The fourth-order valence-electron chi connectivity index (χ4n) is 6.95. The van der Waals surface area contributed by atoms with E-state index in [1.165, 1.54) is 16.3 Å². The van der Waals surface area contributed by atoms with Gasteiger partial charge < -0.3 is 13.9 Å². The molecule has 0 N–H and O–H groups in total. The molecule has 8 aromatic rings. The van der Waals surface area contributed by atoms with Gasteiger partial charge in [0.05, 0.1) is 29.0 Å². The zero-order valence-corrected chi connectivity index (χ0v) is 26.9. The maximum Gasteiger partial charge on any atom is 0.356 e. The lowest BCUT2D eigenvalue weighted by atomic mass is 10.1. The molecule has 48 heavy (non-hydrogen) atoms. The molecule has 0 fully saturated rings. The quantitative estimate of drug-likeness (QED) is 0.148. The molecule has 0 radical (unpaired) electrons. The highest BCUT2D eigenvalue weighted by Gasteiger charge is 2.22. The Kier molecular flexibility index (Phi) is 7.61. The smallest absolute Gasteiger partial charge is 0.356 e. The van der Waals surface area contributed by atoms with Gasteiger partial charge in [-0.1, -0.05) is 43.3 Å². The number of hydrogen-bond acceptors (Lipinski definition) is 6. The van der Waals surface area contributed by atoms with Crippen molar-refractivity contribution in [2.24, 2.45) is 0 Å². The maximum absolute atomic E-state index is 13.0. The van der Waals surface area contributed by atoms with E-state index in [2.05, 4.69) is 80.6 Å². The number of nitrogens with zero attached hydrogens (tertiary/aromatic N) is 6. The highest BCUT2D eigenvalue weighted by Crippen LogP contribution is 2.38. The minimum Gasteiger partial charge on any atom is -0.461 e. The Morgan fingerprint density at radius 3 is 1.77 bits per heavy atom.